The third-order valence-corrected chi connectivity index (χ3v) is 6.77. The molecule has 4 rings (SSSR count). The monoisotopic (exact) mass is 422 g/mol. The summed E-state index contributed by atoms with van der Waals surface area (Å²) < 4.78 is 11.4. The van der Waals surface area contributed by atoms with Crippen LogP contribution in [0, 0.1) is 0 Å². The number of ether oxygens (including phenoxy) is 2. The van der Waals surface area contributed by atoms with Gasteiger partial charge in [0.15, 0.2) is 0 Å². The van der Waals surface area contributed by atoms with Gasteiger partial charge in [-0.1, -0.05) is 30.3 Å². The van der Waals surface area contributed by atoms with Crippen molar-refractivity contribution >= 4 is 5.91 Å². The lowest BCUT2D eigenvalue weighted by atomic mass is 9.89. The molecule has 5 heteroatoms. The molecule has 1 fully saturated rings. The number of hydrogen-bond acceptors (Lipinski definition) is 4. The Bertz CT molecular complexity index is 873. The zero-order valence-corrected chi connectivity index (χ0v) is 18.7. The van der Waals surface area contributed by atoms with Crippen molar-refractivity contribution in [1.29, 1.82) is 0 Å². The van der Waals surface area contributed by atoms with Crippen molar-refractivity contribution in [2.75, 3.05) is 40.4 Å². The number of fused-ring (bicyclic) bond motifs is 1. The van der Waals surface area contributed by atoms with Crippen LogP contribution in [0.4, 0.5) is 0 Å². The van der Waals surface area contributed by atoms with Crippen molar-refractivity contribution in [1.82, 2.24) is 10.2 Å². The van der Waals surface area contributed by atoms with Gasteiger partial charge in [0.05, 0.1) is 26.2 Å². The van der Waals surface area contributed by atoms with Crippen LogP contribution in [0.2, 0.25) is 0 Å². The number of hydrogen-bond donors (Lipinski definition) is 1. The first kappa shape index (κ1) is 21.8. The standard InChI is InChI=1S/C26H34N2O3/c1-27-26(29)18-19-3-8-24-22(17-19)12-16-31-25(24)11-15-28-13-9-21(10-14-28)20-4-6-23(30-2)7-5-20/h3-8,17,21,25H,9-16,18H2,1-2H3,(H,27,29)/t25-/m0/s1. The van der Waals surface area contributed by atoms with Crippen LogP contribution >= 0.6 is 0 Å². The van der Waals surface area contributed by atoms with E-state index in [0.29, 0.717) is 12.3 Å². The van der Waals surface area contributed by atoms with Crippen molar-refractivity contribution in [3.05, 3.63) is 64.7 Å². The van der Waals surface area contributed by atoms with Gasteiger partial charge in [0.1, 0.15) is 5.75 Å². The molecular weight excluding hydrogens is 388 g/mol. The maximum atomic E-state index is 11.7. The molecule has 2 heterocycles. The molecule has 2 aliphatic rings. The van der Waals surface area contributed by atoms with Gasteiger partial charge in [0, 0.05) is 13.6 Å². The minimum atomic E-state index is 0.0570. The third-order valence-electron chi connectivity index (χ3n) is 6.77. The lowest BCUT2D eigenvalue weighted by molar-refractivity contribution is -0.119. The van der Waals surface area contributed by atoms with E-state index in [1.54, 1.807) is 14.2 Å². The molecule has 1 amide bonds. The predicted octanol–water partition coefficient (Wildman–Crippen LogP) is 3.87. The van der Waals surface area contributed by atoms with Crippen LogP contribution in [-0.2, 0) is 22.4 Å². The number of benzene rings is 2. The summed E-state index contributed by atoms with van der Waals surface area (Å²) in [5.74, 6) is 1.63. The molecule has 0 radical (unpaired) electrons. The molecule has 1 atom stereocenters. The van der Waals surface area contributed by atoms with Crippen LogP contribution in [0.3, 0.4) is 0 Å². The van der Waals surface area contributed by atoms with Crippen molar-refractivity contribution in [2.45, 2.75) is 44.1 Å². The van der Waals surface area contributed by atoms with Crippen LogP contribution in [0.25, 0.3) is 0 Å². The summed E-state index contributed by atoms with van der Waals surface area (Å²) in [6, 6.07) is 15.0. The van der Waals surface area contributed by atoms with Crippen molar-refractivity contribution in [3.8, 4) is 5.75 Å². The third kappa shape index (κ3) is 5.46. The minimum Gasteiger partial charge on any atom is -0.497 e. The second kappa shape index (κ2) is 10.3. The molecule has 166 valence electrons. The number of methoxy groups -OCH3 is 1. The van der Waals surface area contributed by atoms with Gasteiger partial charge in [-0.3, -0.25) is 4.79 Å². The Morgan fingerprint density at radius 2 is 1.94 bits per heavy atom. The summed E-state index contributed by atoms with van der Waals surface area (Å²) in [5, 5.41) is 2.70. The van der Waals surface area contributed by atoms with Gasteiger partial charge in [-0.05, 0) is 79.1 Å². The Hall–Kier alpha value is -2.37. The number of rotatable bonds is 7. The highest BCUT2D eigenvalue weighted by atomic mass is 16.5. The van der Waals surface area contributed by atoms with Crippen molar-refractivity contribution in [2.24, 2.45) is 0 Å². The van der Waals surface area contributed by atoms with Gasteiger partial charge in [-0.15, -0.1) is 0 Å². The predicted molar refractivity (Wildman–Crippen MR) is 123 cm³/mol. The molecule has 2 aliphatic heterocycles. The largest absolute Gasteiger partial charge is 0.497 e. The number of likely N-dealkylation sites (tertiary alicyclic amines) is 1. The molecule has 0 aromatic heterocycles. The zero-order chi connectivity index (χ0) is 21.6. The topological polar surface area (TPSA) is 50.8 Å². The van der Waals surface area contributed by atoms with Crippen molar-refractivity contribution < 1.29 is 14.3 Å². The van der Waals surface area contributed by atoms with Gasteiger partial charge in [-0.25, -0.2) is 0 Å². The fourth-order valence-corrected chi connectivity index (χ4v) is 4.88. The molecule has 2 aromatic rings. The van der Waals surface area contributed by atoms with E-state index in [-0.39, 0.29) is 12.0 Å². The number of piperidine rings is 1. The molecule has 1 N–H and O–H groups in total. The maximum Gasteiger partial charge on any atom is 0.224 e. The smallest absolute Gasteiger partial charge is 0.224 e. The highest BCUT2D eigenvalue weighted by Gasteiger charge is 2.24. The molecule has 0 unspecified atom stereocenters. The Morgan fingerprint density at radius 1 is 1.16 bits per heavy atom. The molecule has 5 nitrogen and oxygen atoms in total. The Labute approximate surface area is 185 Å². The molecule has 1 saturated heterocycles. The summed E-state index contributed by atoms with van der Waals surface area (Å²) in [7, 11) is 3.40. The molecule has 0 bridgehead atoms. The summed E-state index contributed by atoms with van der Waals surface area (Å²) in [5.41, 5.74) is 5.16. The zero-order valence-electron chi connectivity index (χ0n) is 18.7. The molecule has 31 heavy (non-hydrogen) atoms. The van der Waals surface area contributed by atoms with E-state index in [9.17, 15) is 4.79 Å². The van der Waals surface area contributed by atoms with E-state index < -0.39 is 0 Å². The van der Waals surface area contributed by atoms with E-state index in [1.165, 1.54) is 29.5 Å². The second-order valence-electron chi connectivity index (χ2n) is 8.67. The molecule has 0 saturated carbocycles. The van der Waals surface area contributed by atoms with E-state index in [1.807, 2.05) is 0 Å². The Morgan fingerprint density at radius 3 is 2.65 bits per heavy atom. The minimum absolute atomic E-state index is 0.0570. The number of carbonyl (C=O) groups is 1. The number of carbonyl (C=O) groups excluding carboxylic acids is 1. The van der Waals surface area contributed by atoms with Crippen LogP contribution < -0.4 is 10.1 Å². The van der Waals surface area contributed by atoms with E-state index in [2.05, 4.69) is 52.7 Å². The Balaban J connectivity index is 1.29. The van der Waals surface area contributed by atoms with Gasteiger partial charge in [0.2, 0.25) is 5.91 Å². The van der Waals surface area contributed by atoms with E-state index >= 15 is 0 Å². The normalized spacial score (nSPS) is 19.6. The van der Waals surface area contributed by atoms with E-state index in [0.717, 1.165) is 50.4 Å². The van der Waals surface area contributed by atoms with Gasteiger partial charge in [0.25, 0.3) is 0 Å². The van der Waals surface area contributed by atoms with E-state index in [4.69, 9.17) is 9.47 Å². The highest BCUT2D eigenvalue weighted by Crippen LogP contribution is 2.33. The van der Waals surface area contributed by atoms with Crippen LogP contribution in [0.1, 0.15) is 53.5 Å². The van der Waals surface area contributed by atoms with Gasteiger partial charge < -0.3 is 19.7 Å². The molecule has 0 spiro atoms. The number of nitrogens with one attached hydrogen (secondary N) is 1. The van der Waals surface area contributed by atoms with Crippen LogP contribution in [0.5, 0.6) is 5.75 Å². The lowest BCUT2D eigenvalue weighted by Gasteiger charge is -2.34. The second-order valence-corrected chi connectivity index (χ2v) is 8.67. The number of nitrogens with zero attached hydrogens (tertiary/aromatic N) is 1. The average Bonchev–Trinajstić information content (AvgIpc) is 2.83. The molecular formula is C26H34N2O3. The van der Waals surface area contributed by atoms with Crippen LogP contribution in [-0.4, -0.2) is 51.2 Å². The first-order valence-corrected chi connectivity index (χ1v) is 11.5. The summed E-state index contributed by atoms with van der Waals surface area (Å²) in [6.45, 7) is 4.11. The maximum absolute atomic E-state index is 11.7. The average molecular weight is 423 g/mol. The Kier molecular flexibility index (Phi) is 7.25. The fraction of sp³-hybridized carbons (Fsp3) is 0.500. The number of likely N-dealkylation sites (N-methyl/N-ethyl adjacent to an activating group) is 1. The number of amides is 1. The quantitative estimate of drug-likeness (QED) is 0.736. The summed E-state index contributed by atoms with van der Waals surface area (Å²) >= 11 is 0. The molecule has 0 aliphatic carbocycles. The van der Waals surface area contributed by atoms with Gasteiger partial charge >= 0.3 is 0 Å². The summed E-state index contributed by atoms with van der Waals surface area (Å²) in [6.07, 6.45) is 4.97. The first-order valence-electron chi connectivity index (χ1n) is 11.5. The van der Waals surface area contributed by atoms with Gasteiger partial charge in [-0.2, -0.15) is 0 Å². The SMILES string of the molecule is CNC(=O)Cc1ccc2c(c1)CCO[C@H]2CCN1CCC(c2ccc(OC)cc2)CC1. The first-order chi connectivity index (χ1) is 15.2. The lowest BCUT2D eigenvalue weighted by Crippen LogP contribution is -2.34. The van der Waals surface area contributed by atoms with Crippen LogP contribution in [0.15, 0.2) is 42.5 Å². The fourth-order valence-electron chi connectivity index (χ4n) is 4.88. The highest BCUT2D eigenvalue weighted by molar-refractivity contribution is 5.78. The summed E-state index contributed by atoms with van der Waals surface area (Å²) in [4.78, 5) is 14.3. The van der Waals surface area contributed by atoms with Crippen molar-refractivity contribution in [3.63, 3.8) is 0 Å². The molecule has 2 aromatic carbocycles.